The molecule has 4 nitrogen and oxygen atoms in total. The number of hydrogen-bond acceptors (Lipinski definition) is 2. The van der Waals surface area contributed by atoms with Gasteiger partial charge < -0.3 is 15.4 Å². The fourth-order valence-corrected chi connectivity index (χ4v) is 3.99. The minimum absolute atomic E-state index is 0.0230. The van der Waals surface area contributed by atoms with Crippen molar-refractivity contribution in [1.82, 2.24) is 5.32 Å². The fraction of sp³-hybridized carbons (Fsp3) is 0.316. The minimum atomic E-state index is -0.540. The molecule has 2 aliphatic rings. The van der Waals surface area contributed by atoms with Crippen LogP contribution in [0.5, 0.6) is 11.5 Å². The van der Waals surface area contributed by atoms with Crippen LogP contribution in [0.4, 0.5) is 14.9 Å². The fourth-order valence-electron chi connectivity index (χ4n) is 3.78. The smallest absolute Gasteiger partial charge is 0.319 e. The highest BCUT2D eigenvalue weighted by molar-refractivity contribution is 6.34. The maximum absolute atomic E-state index is 14.0. The number of nitrogens with one attached hydrogen (secondary N) is 2. The molecule has 1 saturated carbocycles. The van der Waals surface area contributed by atoms with Gasteiger partial charge in [-0.05, 0) is 31.0 Å². The van der Waals surface area contributed by atoms with E-state index in [4.69, 9.17) is 16.3 Å². The van der Waals surface area contributed by atoms with Gasteiger partial charge in [0, 0.05) is 11.6 Å². The van der Waals surface area contributed by atoms with Crippen LogP contribution in [0.2, 0.25) is 5.02 Å². The highest BCUT2D eigenvalue weighted by Crippen LogP contribution is 2.50. The molecule has 2 N–H and O–H groups in total. The zero-order chi connectivity index (χ0) is 17.4. The number of halogens is 2. The number of rotatable bonds is 2. The van der Waals surface area contributed by atoms with Gasteiger partial charge in [-0.15, -0.1) is 0 Å². The van der Waals surface area contributed by atoms with Crippen LogP contribution in [0.25, 0.3) is 0 Å². The zero-order valence-electron chi connectivity index (χ0n) is 13.5. The molecule has 1 fully saturated rings. The Balaban J connectivity index is 1.86. The van der Waals surface area contributed by atoms with E-state index in [0.717, 1.165) is 37.7 Å². The normalized spacial score (nSPS) is 18.2. The number of carbonyl (C=O) groups excluding carboxylic acids is 1. The molecule has 0 saturated heterocycles. The van der Waals surface area contributed by atoms with Crippen molar-refractivity contribution in [1.29, 1.82) is 0 Å². The number of fused-ring (bicyclic) bond motifs is 2. The maximum Gasteiger partial charge on any atom is 0.319 e. The van der Waals surface area contributed by atoms with Gasteiger partial charge in [-0.1, -0.05) is 43.0 Å². The lowest BCUT2D eigenvalue weighted by molar-refractivity contribution is 0.206. The maximum atomic E-state index is 14.0. The second-order valence-corrected chi connectivity index (χ2v) is 6.87. The van der Waals surface area contributed by atoms with E-state index in [1.165, 1.54) is 6.07 Å². The summed E-state index contributed by atoms with van der Waals surface area (Å²) in [7, 11) is 0. The van der Waals surface area contributed by atoms with Crippen molar-refractivity contribution in [3.05, 3.63) is 52.8 Å². The molecule has 0 atom stereocenters. The van der Waals surface area contributed by atoms with E-state index >= 15 is 0 Å². The molecule has 0 unspecified atom stereocenters. The lowest BCUT2D eigenvalue weighted by Gasteiger charge is -2.43. The third-order valence-corrected chi connectivity index (χ3v) is 5.19. The monoisotopic (exact) mass is 359 g/mol. The summed E-state index contributed by atoms with van der Waals surface area (Å²) in [5.41, 5.74) is 0.790. The number of amides is 2. The second-order valence-electron chi connectivity index (χ2n) is 6.47. The summed E-state index contributed by atoms with van der Waals surface area (Å²) in [6.45, 7) is 0. The minimum Gasteiger partial charge on any atom is -0.453 e. The van der Waals surface area contributed by atoms with E-state index in [1.807, 2.05) is 0 Å². The van der Waals surface area contributed by atoms with Crippen molar-refractivity contribution >= 4 is 23.3 Å². The zero-order valence-corrected chi connectivity index (χ0v) is 14.3. The molecule has 6 heteroatoms. The Hall–Kier alpha value is -2.27. The number of hydrogen-bond donors (Lipinski definition) is 2. The molecule has 2 amide bonds. The highest BCUT2D eigenvalue weighted by Gasteiger charge is 2.43. The molecule has 25 heavy (non-hydrogen) atoms. The van der Waals surface area contributed by atoms with E-state index < -0.39 is 11.4 Å². The standard InChI is InChI=1S/C19H17ClFN2O2/c20-12-8-9-15(25-14-7-3-2-6-13(14)21)16-17(12)22-18(24)23-19(16)10-4-1-5-11-19/h2-3,6,8-9H,1,4-5,10-11H2,(H2,22,23,24). The molecule has 1 spiro atoms. The van der Waals surface area contributed by atoms with Crippen LogP contribution >= 0.6 is 11.6 Å². The Morgan fingerprint density at radius 3 is 2.76 bits per heavy atom. The first-order chi connectivity index (χ1) is 12.1. The van der Waals surface area contributed by atoms with Crippen LogP contribution in [-0.4, -0.2) is 6.03 Å². The quantitative estimate of drug-likeness (QED) is 0.757. The van der Waals surface area contributed by atoms with Gasteiger partial charge in [0.05, 0.1) is 16.2 Å². The van der Waals surface area contributed by atoms with E-state index in [9.17, 15) is 9.18 Å². The third-order valence-electron chi connectivity index (χ3n) is 4.88. The Kier molecular flexibility index (Phi) is 4.04. The van der Waals surface area contributed by atoms with Crippen LogP contribution in [0.3, 0.4) is 0 Å². The highest BCUT2D eigenvalue weighted by atomic mass is 35.5. The third kappa shape index (κ3) is 2.82. The average Bonchev–Trinajstić information content (AvgIpc) is 2.60. The molecule has 129 valence electrons. The van der Waals surface area contributed by atoms with Crippen LogP contribution in [-0.2, 0) is 5.54 Å². The lowest BCUT2D eigenvalue weighted by Crippen LogP contribution is -2.52. The van der Waals surface area contributed by atoms with Crippen molar-refractivity contribution in [2.24, 2.45) is 0 Å². The van der Waals surface area contributed by atoms with Gasteiger partial charge >= 0.3 is 6.03 Å². The number of para-hydroxylation sites is 1. The van der Waals surface area contributed by atoms with Gasteiger partial charge in [-0.3, -0.25) is 0 Å². The Labute approximate surface area is 150 Å². The van der Waals surface area contributed by atoms with Crippen molar-refractivity contribution in [2.75, 3.05) is 5.32 Å². The summed E-state index contributed by atoms with van der Waals surface area (Å²) >= 11 is 6.34. The summed E-state index contributed by atoms with van der Waals surface area (Å²) in [4.78, 5) is 12.2. The first-order valence-corrected chi connectivity index (χ1v) is 8.73. The first kappa shape index (κ1) is 16.2. The van der Waals surface area contributed by atoms with Crippen LogP contribution in [0.15, 0.2) is 30.3 Å². The molecule has 0 aromatic heterocycles. The topological polar surface area (TPSA) is 50.4 Å². The summed E-state index contributed by atoms with van der Waals surface area (Å²) in [5.74, 6) is 0.0155. The van der Waals surface area contributed by atoms with Crippen molar-refractivity contribution in [3.63, 3.8) is 0 Å². The van der Waals surface area contributed by atoms with Gasteiger partial charge in [0.1, 0.15) is 5.75 Å². The van der Waals surface area contributed by atoms with Gasteiger partial charge in [-0.25, -0.2) is 9.18 Å². The summed E-state index contributed by atoms with van der Waals surface area (Å²) in [6.07, 6.45) is 4.71. The number of benzene rings is 2. The summed E-state index contributed by atoms with van der Waals surface area (Å²) < 4.78 is 19.9. The molecular formula is C19H17ClFN2O2. The molecule has 1 aliphatic heterocycles. The van der Waals surface area contributed by atoms with Gasteiger partial charge in [0.25, 0.3) is 0 Å². The van der Waals surface area contributed by atoms with Crippen LogP contribution in [0.1, 0.15) is 37.7 Å². The summed E-state index contributed by atoms with van der Waals surface area (Å²) in [6, 6.07) is 10.3. The molecule has 4 rings (SSSR count). The number of anilines is 1. The first-order valence-electron chi connectivity index (χ1n) is 8.35. The SMILES string of the molecule is O=C1Nc2c(Cl)ccc(Oc3[c]cccc3F)c2C2(CCCCC2)N1. The van der Waals surface area contributed by atoms with Crippen molar-refractivity contribution in [2.45, 2.75) is 37.6 Å². The van der Waals surface area contributed by atoms with E-state index in [-0.39, 0.29) is 11.8 Å². The molecule has 2 aromatic carbocycles. The van der Waals surface area contributed by atoms with E-state index in [2.05, 4.69) is 16.7 Å². The van der Waals surface area contributed by atoms with Crippen LogP contribution in [0, 0.1) is 11.9 Å². The predicted molar refractivity (Wildman–Crippen MR) is 93.7 cm³/mol. The predicted octanol–water partition coefficient (Wildman–Crippen LogP) is 5.37. The van der Waals surface area contributed by atoms with Gasteiger partial charge in [0.15, 0.2) is 11.6 Å². The molecule has 1 radical (unpaired) electrons. The van der Waals surface area contributed by atoms with Crippen molar-refractivity contribution in [3.8, 4) is 11.5 Å². The van der Waals surface area contributed by atoms with E-state index in [0.29, 0.717) is 16.5 Å². The Morgan fingerprint density at radius 1 is 1.20 bits per heavy atom. The number of carbonyl (C=O) groups is 1. The lowest BCUT2D eigenvalue weighted by atomic mass is 9.74. The van der Waals surface area contributed by atoms with Crippen LogP contribution < -0.4 is 15.4 Å². The van der Waals surface area contributed by atoms with Crippen molar-refractivity contribution < 1.29 is 13.9 Å². The molecule has 1 aliphatic carbocycles. The summed E-state index contributed by atoms with van der Waals surface area (Å²) in [5, 5.41) is 6.28. The van der Waals surface area contributed by atoms with Gasteiger partial charge in [-0.2, -0.15) is 0 Å². The molecule has 2 aromatic rings. The Bertz CT molecular complexity index is 834. The Morgan fingerprint density at radius 2 is 2.00 bits per heavy atom. The van der Waals surface area contributed by atoms with E-state index in [1.54, 1.807) is 24.3 Å². The number of urea groups is 1. The second kappa shape index (κ2) is 6.23. The average molecular weight is 360 g/mol. The number of ether oxygens (including phenoxy) is 1. The largest absolute Gasteiger partial charge is 0.453 e. The molecule has 0 bridgehead atoms. The molecule has 1 heterocycles. The van der Waals surface area contributed by atoms with Gasteiger partial charge in [0.2, 0.25) is 0 Å². The molecular weight excluding hydrogens is 343 g/mol.